The third-order valence-electron chi connectivity index (χ3n) is 5.14. The molecule has 3 aromatic heterocycles. The topological polar surface area (TPSA) is 81.2 Å². The first-order valence-electron chi connectivity index (χ1n) is 9.58. The second-order valence-electron chi connectivity index (χ2n) is 6.98. The summed E-state index contributed by atoms with van der Waals surface area (Å²) in [6.07, 6.45) is 5.39. The molecular weight excluding hydrogens is 422 g/mol. The van der Waals surface area contributed by atoms with Crippen LogP contribution in [0.3, 0.4) is 0 Å². The van der Waals surface area contributed by atoms with Crippen LogP contribution in [0.4, 0.5) is 0 Å². The summed E-state index contributed by atoms with van der Waals surface area (Å²) in [5.41, 5.74) is 1.65. The van der Waals surface area contributed by atoms with Gasteiger partial charge in [0, 0.05) is 17.8 Å². The molecule has 1 atom stereocenters. The van der Waals surface area contributed by atoms with E-state index in [1.807, 2.05) is 62.5 Å². The maximum absolute atomic E-state index is 13.1. The number of aromatic nitrogens is 6. The summed E-state index contributed by atoms with van der Waals surface area (Å²) in [5, 5.41) is 18.0. The van der Waals surface area contributed by atoms with E-state index in [1.54, 1.807) is 6.33 Å². The minimum atomic E-state index is -0.0682. The molecule has 1 aliphatic heterocycles. The molecule has 4 heterocycles. The van der Waals surface area contributed by atoms with Crippen LogP contribution in [0.25, 0.3) is 11.3 Å². The van der Waals surface area contributed by atoms with Crippen molar-refractivity contribution in [1.29, 1.82) is 0 Å². The molecule has 0 radical (unpaired) electrons. The quantitative estimate of drug-likeness (QED) is 0.443. The first-order chi connectivity index (χ1) is 14.7. The van der Waals surface area contributed by atoms with Gasteiger partial charge >= 0.3 is 0 Å². The molecule has 0 aliphatic carbocycles. The lowest BCUT2D eigenvalue weighted by Crippen LogP contribution is -2.33. The van der Waals surface area contributed by atoms with E-state index in [0.29, 0.717) is 16.7 Å². The molecule has 0 bridgehead atoms. The Morgan fingerprint density at radius 1 is 1.17 bits per heavy atom. The fourth-order valence-corrected chi connectivity index (χ4v) is 4.76. The van der Waals surface area contributed by atoms with Gasteiger partial charge in [0.15, 0.2) is 16.6 Å². The van der Waals surface area contributed by atoms with Gasteiger partial charge in [-0.1, -0.05) is 35.5 Å². The monoisotopic (exact) mass is 439 g/mol. The van der Waals surface area contributed by atoms with Crippen molar-refractivity contribution in [3.63, 3.8) is 0 Å². The van der Waals surface area contributed by atoms with E-state index in [0.717, 1.165) is 30.0 Å². The van der Waals surface area contributed by atoms with Crippen LogP contribution in [0.1, 0.15) is 24.7 Å². The molecule has 10 heteroatoms. The van der Waals surface area contributed by atoms with E-state index in [9.17, 15) is 4.79 Å². The predicted octanol–water partition coefficient (Wildman–Crippen LogP) is 3.42. The van der Waals surface area contributed by atoms with Crippen molar-refractivity contribution in [2.24, 2.45) is 0 Å². The smallest absolute Gasteiger partial charge is 0.233 e. The normalized spacial score (nSPS) is 16.4. The van der Waals surface area contributed by atoms with E-state index in [1.165, 1.54) is 11.8 Å². The van der Waals surface area contributed by atoms with E-state index < -0.39 is 0 Å². The first kappa shape index (κ1) is 19.1. The number of rotatable bonds is 5. The molecule has 1 saturated heterocycles. The molecule has 1 aromatic carbocycles. The van der Waals surface area contributed by atoms with Crippen molar-refractivity contribution in [2.45, 2.75) is 24.0 Å². The zero-order valence-electron chi connectivity index (χ0n) is 15.9. The number of amides is 1. The number of fused-ring (bicyclic) bond motifs is 1. The highest BCUT2D eigenvalue weighted by molar-refractivity contribution is 7.99. The Labute approximate surface area is 181 Å². The number of benzene rings is 1. The minimum absolute atomic E-state index is 0.0517. The molecule has 5 rings (SSSR count). The van der Waals surface area contributed by atoms with E-state index >= 15 is 0 Å². The highest BCUT2D eigenvalue weighted by Crippen LogP contribution is 2.32. The van der Waals surface area contributed by atoms with Crippen molar-refractivity contribution in [1.82, 2.24) is 34.3 Å². The Hall–Kier alpha value is -2.91. The largest absolute Gasteiger partial charge is 0.332 e. The lowest BCUT2D eigenvalue weighted by Gasteiger charge is -2.23. The second-order valence-corrected chi connectivity index (χ2v) is 8.36. The standard InChI is InChI=1S/C20H18ClN7OS/c21-14-5-3-6-15(11-14)28-13-22-25-20(28)30-12-18(29)26-10-4-7-16(26)19-24-23-17-8-1-2-9-27(17)19/h1-3,5-6,8-9,11,13,16H,4,7,10,12H2/t16-/m0/s1. The number of thioether (sulfide) groups is 1. The van der Waals surface area contributed by atoms with Gasteiger partial charge in [-0.15, -0.1) is 20.4 Å². The summed E-state index contributed by atoms with van der Waals surface area (Å²) >= 11 is 7.46. The van der Waals surface area contributed by atoms with Gasteiger partial charge in [-0.25, -0.2) is 0 Å². The Bertz CT molecular complexity index is 1210. The maximum Gasteiger partial charge on any atom is 0.233 e. The van der Waals surface area contributed by atoms with Crippen LogP contribution >= 0.6 is 23.4 Å². The van der Waals surface area contributed by atoms with Gasteiger partial charge in [-0.05, 0) is 43.2 Å². The van der Waals surface area contributed by atoms with Gasteiger partial charge in [0.05, 0.1) is 17.5 Å². The molecule has 152 valence electrons. The van der Waals surface area contributed by atoms with Crippen LogP contribution in [0.5, 0.6) is 0 Å². The number of carbonyl (C=O) groups is 1. The van der Waals surface area contributed by atoms with Gasteiger partial charge in [0.2, 0.25) is 5.91 Å². The van der Waals surface area contributed by atoms with E-state index in [2.05, 4.69) is 20.4 Å². The molecular formula is C20H18ClN7OS. The molecule has 0 N–H and O–H groups in total. The third kappa shape index (κ3) is 3.54. The maximum atomic E-state index is 13.1. The van der Waals surface area contributed by atoms with Gasteiger partial charge in [-0.3, -0.25) is 13.8 Å². The Balaban J connectivity index is 1.32. The second kappa shape index (κ2) is 8.08. The average Bonchev–Trinajstić information content (AvgIpc) is 3.50. The fourth-order valence-electron chi connectivity index (χ4n) is 3.76. The summed E-state index contributed by atoms with van der Waals surface area (Å²) in [6.45, 7) is 0.715. The molecule has 0 saturated carbocycles. The molecule has 30 heavy (non-hydrogen) atoms. The summed E-state index contributed by atoms with van der Waals surface area (Å²) in [7, 11) is 0. The van der Waals surface area contributed by atoms with Crippen molar-refractivity contribution >= 4 is 34.9 Å². The number of hydrogen-bond donors (Lipinski definition) is 0. The molecule has 0 spiro atoms. The van der Waals surface area contributed by atoms with Gasteiger partial charge in [-0.2, -0.15) is 0 Å². The number of halogens is 1. The van der Waals surface area contributed by atoms with E-state index in [4.69, 9.17) is 11.6 Å². The lowest BCUT2D eigenvalue weighted by atomic mass is 10.2. The van der Waals surface area contributed by atoms with Crippen molar-refractivity contribution in [2.75, 3.05) is 12.3 Å². The number of carbonyl (C=O) groups excluding carboxylic acids is 1. The van der Waals surface area contributed by atoms with Crippen molar-refractivity contribution in [3.8, 4) is 5.69 Å². The third-order valence-corrected chi connectivity index (χ3v) is 6.30. The summed E-state index contributed by atoms with van der Waals surface area (Å²) < 4.78 is 3.79. The number of likely N-dealkylation sites (tertiary alicyclic amines) is 1. The SMILES string of the molecule is O=C(CSc1nncn1-c1cccc(Cl)c1)N1CCC[C@H]1c1nnc2ccccn12. The highest BCUT2D eigenvalue weighted by Gasteiger charge is 2.33. The van der Waals surface area contributed by atoms with Crippen LogP contribution in [0.15, 0.2) is 60.1 Å². The van der Waals surface area contributed by atoms with Gasteiger partial charge < -0.3 is 4.90 Å². The summed E-state index contributed by atoms with van der Waals surface area (Å²) in [4.78, 5) is 15.0. The number of pyridine rings is 1. The summed E-state index contributed by atoms with van der Waals surface area (Å²) in [6, 6.07) is 13.2. The Kier molecular flexibility index (Phi) is 5.14. The van der Waals surface area contributed by atoms with Crippen molar-refractivity contribution in [3.05, 3.63) is 65.8 Å². The predicted molar refractivity (Wildman–Crippen MR) is 114 cm³/mol. The average molecular weight is 440 g/mol. The van der Waals surface area contributed by atoms with Crippen LogP contribution < -0.4 is 0 Å². The molecule has 1 aliphatic rings. The lowest BCUT2D eigenvalue weighted by molar-refractivity contribution is -0.129. The minimum Gasteiger partial charge on any atom is -0.332 e. The molecule has 1 fully saturated rings. The zero-order chi connectivity index (χ0) is 20.5. The molecule has 8 nitrogen and oxygen atoms in total. The van der Waals surface area contributed by atoms with Crippen molar-refractivity contribution < 1.29 is 4.79 Å². The molecule has 1 amide bonds. The van der Waals surface area contributed by atoms with Crippen LogP contribution in [0, 0.1) is 0 Å². The number of nitrogens with zero attached hydrogens (tertiary/aromatic N) is 7. The van der Waals surface area contributed by atoms with Crippen LogP contribution in [-0.2, 0) is 4.79 Å². The molecule has 4 aromatic rings. The van der Waals surface area contributed by atoms with E-state index in [-0.39, 0.29) is 17.7 Å². The molecule has 0 unspecified atom stereocenters. The first-order valence-corrected chi connectivity index (χ1v) is 10.9. The van der Waals surface area contributed by atoms with Gasteiger partial charge in [0.25, 0.3) is 0 Å². The van der Waals surface area contributed by atoms with Crippen LogP contribution in [0.2, 0.25) is 5.02 Å². The Morgan fingerprint density at radius 2 is 2.10 bits per heavy atom. The Morgan fingerprint density at radius 3 is 3.00 bits per heavy atom. The fraction of sp³-hybridized carbons (Fsp3) is 0.250. The van der Waals surface area contributed by atoms with Gasteiger partial charge in [0.1, 0.15) is 6.33 Å². The number of hydrogen-bond acceptors (Lipinski definition) is 6. The zero-order valence-corrected chi connectivity index (χ0v) is 17.5. The van der Waals surface area contributed by atoms with Crippen LogP contribution in [-0.4, -0.2) is 52.5 Å². The summed E-state index contributed by atoms with van der Waals surface area (Å²) in [5.74, 6) is 1.13. The highest BCUT2D eigenvalue weighted by atomic mass is 35.5.